The van der Waals surface area contributed by atoms with Crippen molar-refractivity contribution >= 4 is 11.9 Å². The average Bonchev–Trinajstić information content (AvgIpc) is 2.57. The standard InChI is InChI=1S/C19H36O4/c1-5-9-10-18(20)22-13-14-23-19(21)12-11-17(8-4)15-16(6-2)7-3/h16-17H,5-15H2,1-4H3. The molecule has 0 aliphatic rings. The second-order valence-corrected chi connectivity index (χ2v) is 6.28. The van der Waals surface area contributed by atoms with Crippen molar-refractivity contribution in [3.05, 3.63) is 0 Å². The maximum atomic E-state index is 11.7. The minimum Gasteiger partial charge on any atom is -0.462 e. The summed E-state index contributed by atoms with van der Waals surface area (Å²) in [5.74, 6) is 0.967. The van der Waals surface area contributed by atoms with Crippen LogP contribution in [0.15, 0.2) is 0 Å². The van der Waals surface area contributed by atoms with E-state index in [0.29, 0.717) is 18.8 Å². The van der Waals surface area contributed by atoms with Crippen molar-refractivity contribution in [1.29, 1.82) is 0 Å². The van der Waals surface area contributed by atoms with Gasteiger partial charge in [-0.05, 0) is 31.1 Å². The molecule has 0 fully saturated rings. The van der Waals surface area contributed by atoms with Crippen molar-refractivity contribution in [2.75, 3.05) is 13.2 Å². The van der Waals surface area contributed by atoms with Gasteiger partial charge in [-0.25, -0.2) is 0 Å². The second-order valence-electron chi connectivity index (χ2n) is 6.28. The van der Waals surface area contributed by atoms with Crippen molar-refractivity contribution in [3.63, 3.8) is 0 Å². The molecule has 0 bridgehead atoms. The lowest BCUT2D eigenvalue weighted by Crippen LogP contribution is -2.15. The van der Waals surface area contributed by atoms with Crippen LogP contribution < -0.4 is 0 Å². The first-order valence-corrected chi connectivity index (χ1v) is 9.38. The highest BCUT2D eigenvalue weighted by Crippen LogP contribution is 2.24. The Bertz CT molecular complexity index is 310. The van der Waals surface area contributed by atoms with Gasteiger partial charge in [-0.2, -0.15) is 0 Å². The molecule has 1 atom stereocenters. The number of hydrogen-bond acceptors (Lipinski definition) is 4. The number of esters is 2. The van der Waals surface area contributed by atoms with E-state index in [0.717, 1.165) is 31.6 Å². The van der Waals surface area contributed by atoms with E-state index in [1.807, 2.05) is 6.92 Å². The number of carbonyl (C=O) groups excluding carboxylic acids is 2. The summed E-state index contributed by atoms with van der Waals surface area (Å²) in [7, 11) is 0. The molecule has 0 aromatic rings. The van der Waals surface area contributed by atoms with Crippen LogP contribution in [0, 0.1) is 11.8 Å². The Morgan fingerprint density at radius 3 is 1.78 bits per heavy atom. The lowest BCUT2D eigenvalue weighted by Gasteiger charge is -2.20. The summed E-state index contributed by atoms with van der Waals surface area (Å²) in [6, 6.07) is 0. The fourth-order valence-corrected chi connectivity index (χ4v) is 2.68. The molecule has 0 saturated heterocycles. The van der Waals surface area contributed by atoms with Crippen molar-refractivity contribution in [3.8, 4) is 0 Å². The van der Waals surface area contributed by atoms with E-state index in [1.54, 1.807) is 0 Å². The Morgan fingerprint density at radius 2 is 1.30 bits per heavy atom. The first-order valence-electron chi connectivity index (χ1n) is 9.38. The summed E-state index contributed by atoms with van der Waals surface area (Å²) in [6.45, 7) is 9.02. The molecule has 0 aliphatic heterocycles. The van der Waals surface area contributed by atoms with E-state index < -0.39 is 0 Å². The third kappa shape index (κ3) is 12.1. The van der Waals surface area contributed by atoms with Gasteiger partial charge < -0.3 is 9.47 Å². The molecule has 4 heteroatoms. The van der Waals surface area contributed by atoms with Gasteiger partial charge in [0.05, 0.1) is 0 Å². The monoisotopic (exact) mass is 328 g/mol. The van der Waals surface area contributed by atoms with E-state index >= 15 is 0 Å². The Morgan fingerprint density at radius 1 is 0.783 bits per heavy atom. The Hall–Kier alpha value is -1.06. The maximum absolute atomic E-state index is 11.7. The molecule has 0 saturated carbocycles. The zero-order valence-electron chi connectivity index (χ0n) is 15.6. The highest BCUT2D eigenvalue weighted by Gasteiger charge is 2.15. The second kappa shape index (κ2) is 14.5. The summed E-state index contributed by atoms with van der Waals surface area (Å²) in [6.07, 6.45) is 8.34. The highest BCUT2D eigenvalue weighted by atomic mass is 16.6. The van der Waals surface area contributed by atoms with Crippen LogP contribution >= 0.6 is 0 Å². The summed E-state index contributed by atoms with van der Waals surface area (Å²) in [5.41, 5.74) is 0. The Labute approximate surface area is 142 Å². The van der Waals surface area contributed by atoms with Crippen LogP contribution in [0.3, 0.4) is 0 Å². The SMILES string of the molecule is CCCCC(=O)OCCOC(=O)CCC(CC)CC(CC)CC. The Balaban J connectivity index is 3.78. The highest BCUT2D eigenvalue weighted by molar-refractivity contribution is 5.70. The molecule has 0 N–H and O–H groups in total. The van der Waals surface area contributed by atoms with Gasteiger partial charge in [0.2, 0.25) is 0 Å². The first-order chi connectivity index (χ1) is 11.1. The minimum atomic E-state index is -0.209. The van der Waals surface area contributed by atoms with E-state index in [-0.39, 0.29) is 25.2 Å². The van der Waals surface area contributed by atoms with Crippen LogP contribution in [-0.4, -0.2) is 25.2 Å². The molecular weight excluding hydrogens is 292 g/mol. The summed E-state index contributed by atoms with van der Waals surface area (Å²) >= 11 is 0. The normalized spacial score (nSPS) is 12.2. The lowest BCUT2D eigenvalue weighted by atomic mass is 9.86. The molecule has 0 aromatic carbocycles. The zero-order valence-corrected chi connectivity index (χ0v) is 15.6. The van der Waals surface area contributed by atoms with Crippen LogP contribution in [0.2, 0.25) is 0 Å². The number of unbranched alkanes of at least 4 members (excludes halogenated alkanes) is 1. The number of rotatable bonds is 14. The van der Waals surface area contributed by atoms with Crippen molar-refractivity contribution < 1.29 is 19.1 Å². The topological polar surface area (TPSA) is 52.6 Å². The van der Waals surface area contributed by atoms with Crippen LogP contribution in [-0.2, 0) is 19.1 Å². The third-order valence-electron chi connectivity index (χ3n) is 4.50. The molecule has 0 rings (SSSR count). The van der Waals surface area contributed by atoms with Gasteiger partial charge in [-0.15, -0.1) is 0 Å². The van der Waals surface area contributed by atoms with Gasteiger partial charge in [0.1, 0.15) is 13.2 Å². The van der Waals surface area contributed by atoms with Crippen LogP contribution in [0.25, 0.3) is 0 Å². The predicted octanol–water partition coefficient (Wildman–Crippen LogP) is 4.90. The molecule has 0 aliphatic carbocycles. The van der Waals surface area contributed by atoms with Crippen LogP contribution in [0.5, 0.6) is 0 Å². The summed E-state index contributed by atoms with van der Waals surface area (Å²) in [4.78, 5) is 23.0. The van der Waals surface area contributed by atoms with Gasteiger partial charge in [-0.1, -0.05) is 53.4 Å². The van der Waals surface area contributed by atoms with E-state index in [4.69, 9.17) is 9.47 Å². The third-order valence-corrected chi connectivity index (χ3v) is 4.50. The molecule has 4 nitrogen and oxygen atoms in total. The predicted molar refractivity (Wildman–Crippen MR) is 93.1 cm³/mol. The molecular formula is C19H36O4. The Kier molecular flexibility index (Phi) is 13.9. The van der Waals surface area contributed by atoms with Gasteiger partial charge in [-0.3, -0.25) is 9.59 Å². The van der Waals surface area contributed by atoms with Gasteiger partial charge in [0, 0.05) is 12.8 Å². The lowest BCUT2D eigenvalue weighted by molar-refractivity contribution is -0.152. The summed E-state index contributed by atoms with van der Waals surface area (Å²) in [5, 5.41) is 0. The smallest absolute Gasteiger partial charge is 0.305 e. The number of ether oxygens (including phenoxy) is 2. The molecule has 0 heterocycles. The molecule has 0 amide bonds. The number of carbonyl (C=O) groups is 2. The molecule has 0 aromatic heterocycles. The van der Waals surface area contributed by atoms with Crippen molar-refractivity contribution in [2.24, 2.45) is 11.8 Å². The van der Waals surface area contributed by atoms with Crippen molar-refractivity contribution in [2.45, 2.75) is 85.5 Å². The molecule has 23 heavy (non-hydrogen) atoms. The molecule has 0 radical (unpaired) electrons. The van der Waals surface area contributed by atoms with Gasteiger partial charge in [0.15, 0.2) is 0 Å². The van der Waals surface area contributed by atoms with Crippen molar-refractivity contribution in [1.82, 2.24) is 0 Å². The van der Waals surface area contributed by atoms with Crippen LogP contribution in [0.4, 0.5) is 0 Å². The van der Waals surface area contributed by atoms with Crippen LogP contribution in [0.1, 0.15) is 85.5 Å². The number of hydrogen-bond donors (Lipinski definition) is 0. The maximum Gasteiger partial charge on any atom is 0.305 e. The minimum absolute atomic E-state index is 0.166. The van der Waals surface area contributed by atoms with E-state index in [1.165, 1.54) is 19.3 Å². The fourth-order valence-electron chi connectivity index (χ4n) is 2.68. The molecule has 1 unspecified atom stereocenters. The zero-order chi connectivity index (χ0) is 17.5. The fraction of sp³-hybridized carbons (Fsp3) is 0.895. The molecule has 0 spiro atoms. The average molecular weight is 328 g/mol. The first kappa shape index (κ1) is 21.9. The van der Waals surface area contributed by atoms with E-state index in [2.05, 4.69) is 20.8 Å². The summed E-state index contributed by atoms with van der Waals surface area (Å²) < 4.78 is 10.1. The molecule has 136 valence electrons. The van der Waals surface area contributed by atoms with Gasteiger partial charge >= 0.3 is 11.9 Å². The largest absolute Gasteiger partial charge is 0.462 e. The van der Waals surface area contributed by atoms with E-state index in [9.17, 15) is 9.59 Å². The van der Waals surface area contributed by atoms with Gasteiger partial charge in [0.25, 0.3) is 0 Å². The quantitative estimate of drug-likeness (QED) is 0.336.